The summed E-state index contributed by atoms with van der Waals surface area (Å²) in [6, 6.07) is 14.6. The molecule has 0 saturated carbocycles. The monoisotopic (exact) mass is 296 g/mol. The van der Waals surface area contributed by atoms with Gasteiger partial charge in [-0.15, -0.1) is 0 Å². The first kappa shape index (κ1) is 15.8. The maximum atomic E-state index is 12.4. The van der Waals surface area contributed by atoms with Crippen LogP contribution in [-0.4, -0.2) is 11.8 Å². The highest BCUT2D eigenvalue weighted by Crippen LogP contribution is 2.24. The largest absolute Gasteiger partial charge is 0.326 e. The number of amides is 2. The molecule has 0 aromatic heterocycles. The number of benzene rings is 2. The topological polar surface area (TPSA) is 58.2 Å². The summed E-state index contributed by atoms with van der Waals surface area (Å²) < 4.78 is 0. The molecule has 2 aromatic carbocycles. The Morgan fingerprint density at radius 2 is 1.68 bits per heavy atom. The van der Waals surface area contributed by atoms with E-state index >= 15 is 0 Å². The van der Waals surface area contributed by atoms with Crippen LogP contribution in [0.3, 0.4) is 0 Å². The molecule has 0 unspecified atom stereocenters. The van der Waals surface area contributed by atoms with E-state index in [4.69, 9.17) is 0 Å². The Hall–Kier alpha value is -2.62. The van der Waals surface area contributed by atoms with Gasteiger partial charge in [-0.25, -0.2) is 0 Å². The van der Waals surface area contributed by atoms with Crippen molar-refractivity contribution in [2.45, 2.75) is 26.7 Å². The molecule has 0 aliphatic rings. The van der Waals surface area contributed by atoms with E-state index in [1.165, 1.54) is 6.92 Å². The fourth-order valence-corrected chi connectivity index (χ4v) is 2.25. The number of hydrogen-bond donors (Lipinski definition) is 2. The average molecular weight is 296 g/mol. The zero-order valence-corrected chi connectivity index (χ0v) is 13.0. The molecule has 2 amide bonds. The predicted octanol–water partition coefficient (Wildman–Crippen LogP) is 4.02. The predicted molar refractivity (Wildman–Crippen MR) is 89.2 cm³/mol. The zero-order chi connectivity index (χ0) is 16.1. The smallest absolute Gasteiger partial charge is 0.255 e. The Bertz CT molecular complexity index is 693. The first-order chi connectivity index (χ1) is 10.5. The van der Waals surface area contributed by atoms with Crippen LogP contribution in [0.5, 0.6) is 0 Å². The number of carbonyl (C=O) groups excluding carboxylic acids is 2. The van der Waals surface area contributed by atoms with E-state index in [1.807, 2.05) is 24.3 Å². The molecule has 0 saturated heterocycles. The van der Waals surface area contributed by atoms with Crippen molar-refractivity contribution in [3.63, 3.8) is 0 Å². The second-order valence-electron chi connectivity index (χ2n) is 5.46. The van der Waals surface area contributed by atoms with E-state index in [2.05, 4.69) is 24.5 Å². The minimum Gasteiger partial charge on any atom is -0.326 e. The summed E-state index contributed by atoms with van der Waals surface area (Å²) in [6.45, 7) is 5.61. The van der Waals surface area contributed by atoms with Gasteiger partial charge in [0, 0.05) is 23.9 Å². The molecule has 0 heterocycles. The van der Waals surface area contributed by atoms with Gasteiger partial charge in [0.25, 0.3) is 5.91 Å². The third kappa shape index (κ3) is 3.95. The summed E-state index contributed by atoms with van der Waals surface area (Å²) in [5, 5.41) is 5.61. The Morgan fingerprint density at radius 1 is 0.955 bits per heavy atom. The fraction of sp³-hybridized carbons (Fsp3) is 0.222. The SMILES string of the molecule is CC(=O)Nc1cccc(C(=O)Nc2ccccc2C(C)C)c1. The van der Waals surface area contributed by atoms with Gasteiger partial charge in [-0.05, 0) is 35.7 Å². The van der Waals surface area contributed by atoms with Crippen LogP contribution < -0.4 is 10.6 Å². The van der Waals surface area contributed by atoms with Crippen molar-refractivity contribution in [1.29, 1.82) is 0 Å². The van der Waals surface area contributed by atoms with Crippen molar-refractivity contribution in [3.8, 4) is 0 Å². The van der Waals surface area contributed by atoms with E-state index < -0.39 is 0 Å². The normalized spacial score (nSPS) is 10.4. The van der Waals surface area contributed by atoms with Crippen molar-refractivity contribution < 1.29 is 9.59 Å². The molecular formula is C18H20N2O2. The number of hydrogen-bond acceptors (Lipinski definition) is 2. The quantitative estimate of drug-likeness (QED) is 0.895. The van der Waals surface area contributed by atoms with E-state index in [9.17, 15) is 9.59 Å². The molecule has 0 atom stereocenters. The van der Waals surface area contributed by atoms with Crippen LogP contribution >= 0.6 is 0 Å². The molecule has 4 nitrogen and oxygen atoms in total. The van der Waals surface area contributed by atoms with Gasteiger partial charge < -0.3 is 10.6 Å². The molecule has 2 rings (SSSR count). The molecular weight excluding hydrogens is 276 g/mol. The molecule has 2 N–H and O–H groups in total. The Morgan fingerprint density at radius 3 is 2.36 bits per heavy atom. The number of anilines is 2. The first-order valence-electron chi connectivity index (χ1n) is 7.25. The Labute approximate surface area is 130 Å². The Kier molecular flexibility index (Phi) is 4.94. The summed E-state index contributed by atoms with van der Waals surface area (Å²) in [7, 11) is 0. The molecule has 0 radical (unpaired) electrons. The number of carbonyl (C=O) groups is 2. The molecule has 0 fully saturated rings. The van der Waals surface area contributed by atoms with Crippen LogP contribution in [0.4, 0.5) is 11.4 Å². The lowest BCUT2D eigenvalue weighted by Crippen LogP contribution is -2.14. The first-order valence-corrected chi connectivity index (χ1v) is 7.25. The lowest BCUT2D eigenvalue weighted by Gasteiger charge is -2.14. The molecule has 0 bridgehead atoms. The fourth-order valence-electron chi connectivity index (χ4n) is 2.25. The van der Waals surface area contributed by atoms with Gasteiger partial charge in [0.1, 0.15) is 0 Å². The van der Waals surface area contributed by atoms with Gasteiger partial charge in [-0.1, -0.05) is 38.1 Å². The van der Waals surface area contributed by atoms with Crippen molar-refractivity contribution in [1.82, 2.24) is 0 Å². The summed E-state index contributed by atoms with van der Waals surface area (Å²) in [6.07, 6.45) is 0. The number of rotatable bonds is 4. The van der Waals surface area contributed by atoms with Gasteiger partial charge in [-0.2, -0.15) is 0 Å². The van der Waals surface area contributed by atoms with E-state index in [0.717, 1.165) is 11.3 Å². The third-order valence-electron chi connectivity index (χ3n) is 3.28. The molecule has 0 aliphatic heterocycles. The van der Waals surface area contributed by atoms with Crippen molar-refractivity contribution in [2.75, 3.05) is 10.6 Å². The highest BCUT2D eigenvalue weighted by molar-refractivity contribution is 6.05. The van der Waals surface area contributed by atoms with Crippen molar-refractivity contribution >= 4 is 23.2 Å². The third-order valence-corrected chi connectivity index (χ3v) is 3.28. The highest BCUT2D eigenvalue weighted by atomic mass is 16.2. The molecule has 22 heavy (non-hydrogen) atoms. The van der Waals surface area contributed by atoms with Crippen LogP contribution in [0, 0.1) is 0 Å². The summed E-state index contributed by atoms with van der Waals surface area (Å²) in [5.41, 5.74) is 3.02. The summed E-state index contributed by atoms with van der Waals surface area (Å²) in [5.74, 6) is -0.0368. The van der Waals surface area contributed by atoms with Gasteiger partial charge >= 0.3 is 0 Å². The lowest BCUT2D eigenvalue weighted by atomic mass is 10.0. The zero-order valence-electron chi connectivity index (χ0n) is 13.0. The van der Waals surface area contributed by atoms with Crippen molar-refractivity contribution in [2.24, 2.45) is 0 Å². The maximum absolute atomic E-state index is 12.4. The molecule has 0 spiro atoms. The molecule has 4 heteroatoms. The standard InChI is InChI=1S/C18H20N2O2/c1-12(2)16-9-4-5-10-17(16)20-18(22)14-7-6-8-15(11-14)19-13(3)21/h4-12H,1-3H3,(H,19,21)(H,20,22). The van der Waals surface area contributed by atoms with Crippen molar-refractivity contribution in [3.05, 3.63) is 59.7 Å². The van der Waals surface area contributed by atoms with E-state index in [0.29, 0.717) is 17.2 Å². The molecule has 114 valence electrons. The maximum Gasteiger partial charge on any atom is 0.255 e. The number of nitrogens with one attached hydrogen (secondary N) is 2. The number of para-hydroxylation sites is 1. The summed E-state index contributed by atoms with van der Waals surface area (Å²) >= 11 is 0. The van der Waals surface area contributed by atoms with Crippen LogP contribution in [-0.2, 0) is 4.79 Å². The summed E-state index contributed by atoms with van der Waals surface area (Å²) in [4.78, 5) is 23.5. The van der Waals surface area contributed by atoms with E-state index in [-0.39, 0.29) is 11.8 Å². The molecule has 0 aliphatic carbocycles. The molecule has 2 aromatic rings. The minimum atomic E-state index is -0.194. The highest BCUT2D eigenvalue weighted by Gasteiger charge is 2.11. The van der Waals surface area contributed by atoms with Gasteiger partial charge in [0.15, 0.2) is 0 Å². The van der Waals surface area contributed by atoms with E-state index in [1.54, 1.807) is 24.3 Å². The average Bonchev–Trinajstić information content (AvgIpc) is 2.47. The van der Waals surface area contributed by atoms with Gasteiger partial charge in [0.2, 0.25) is 5.91 Å². The van der Waals surface area contributed by atoms with Crippen LogP contribution in [0.15, 0.2) is 48.5 Å². The van der Waals surface area contributed by atoms with Crippen LogP contribution in [0.2, 0.25) is 0 Å². The van der Waals surface area contributed by atoms with Crippen LogP contribution in [0.1, 0.15) is 42.6 Å². The Balaban J connectivity index is 2.21. The minimum absolute atomic E-state index is 0.164. The second-order valence-corrected chi connectivity index (χ2v) is 5.46. The second kappa shape index (κ2) is 6.89. The lowest BCUT2D eigenvalue weighted by molar-refractivity contribution is -0.114. The van der Waals surface area contributed by atoms with Crippen LogP contribution in [0.25, 0.3) is 0 Å². The van der Waals surface area contributed by atoms with Gasteiger partial charge in [0.05, 0.1) is 0 Å². The van der Waals surface area contributed by atoms with Gasteiger partial charge in [-0.3, -0.25) is 9.59 Å².